The molecule has 2 aromatic carbocycles. The van der Waals surface area contributed by atoms with Gasteiger partial charge in [-0.15, -0.1) is 0 Å². The van der Waals surface area contributed by atoms with Crippen molar-refractivity contribution in [2.45, 2.75) is 45.6 Å². The predicted octanol–water partition coefficient (Wildman–Crippen LogP) is 2.12. The zero-order valence-corrected chi connectivity index (χ0v) is 18.0. The van der Waals surface area contributed by atoms with Gasteiger partial charge >= 0.3 is 0 Å². The van der Waals surface area contributed by atoms with E-state index in [4.69, 9.17) is 9.47 Å². The maximum atomic E-state index is 14.2. The molecule has 0 fully saturated rings. The fraction of sp³-hybridized carbons (Fsp3) is 0.435. The number of benzene rings is 2. The van der Waals surface area contributed by atoms with Crippen LogP contribution in [0.25, 0.3) is 0 Å². The molecule has 29 heavy (non-hydrogen) atoms. The Balaban J connectivity index is 0.00000300. The van der Waals surface area contributed by atoms with Crippen LogP contribution in [0.2, 0.25) is 0 Å². The average molecular weight is 424 g/mol. The summed E-state index contributed by atoms with van der Waals surface area (Å²) in [6.07, 6.45) is 4.94. The van der Waals surface area contributed by atoms with E-state index in [0.717, 1.165) is 49.9 Å². The van der Waals surface area contributed by atoms with Crippen molar-refractivity contribution in [1.82, 2.24) is 0 Å². The number of ether oxygens (including phenoxy) is 2. The van der Waals surface area contributed by atoms with Crippen molar-refractivity contribution in [3.05, 3.63) is 58.7 Å². The number of hydrogen-bond donors (Lipinski definition) is 0. The van der Waals surface area contributed by atoms with E-state index >= 15 is 0 Å². The first-order chi connectivity index (χ1) is 13.6. The number of rotatable bonds is 8. The molecule has 0 aromatic heterocycles. The minimum absolute atomic E-state index is 0. The van der Waals surface area contributed by atoms with Crippen molar-refractivity contribution in [2.75, 3.05) is 20.8 Å². The minimum Gasteiger partial charge on any atom is -1.00 e. The van der Waals surface area contributed by atoms with Crippen molar-refractivity contribution < 1.29 is 35.2 Å². The summed E-state index contributed by atoms with van der Waals surface area (Å²) in [5.74, 6) is 0.396. The molecule has 0 radical (unpaired) electrons. The van der Waals surface area contributed by atoms with Gasteiger partial charge in [-0.3, -0.25) is 0 Å². The van der Waals surface area contributed by atoms with Gasteiger partial charge in [0.25, 0.3) is 0 Å². The molecule has 0 aliphatic carbocycles. The molecule has 0 saturated heterocycles. The summed E-state index contributed by atoms with van der Waals surface area (Å²) in [6, 6.07) is 8.07. The van der Waals surface area contributed by atoms with Crippen LogP contribution in [0.4, 0.5) is 8.78 Å². The van der Waals surface area contributed by atoms with Crippen LogP contribution in [0.5, 0.6) is 11.5 Å². The number of fused-ring (bicyclic) bond motifs is 1. The highest BCUT2D eigenvalue weighted by atomic mass is 35.5. The lowest BCUT2D eigenvalue weighted by Gasteiger charge is -2.21. The number of methoxy groups -OCH3 is 2. The van der Waals surface area contributed by atoms with Gasteiger partial charge in [-0.1, -0.05) is 25.8 Å². The highest BCUT2D eigenvalue weighted by Crippen LogP contribution is 2.33. The van der Waals surface area contributed by atoms with Crippen LogP contribution < -0.4 is 21.9 Å². The molecule has 1 heterocycles. The van der Waals surface area contributed by atoms with Gasteiger partial charge in [0.05, 0.1) is 19.8 Å². The summed E-state index contributed by atoms with van der Waals surface area (Å²) >= 11 is 0. The SMILES string of the molecule is CCCCCC1=[N+](Cc2c(F)cccc2F)CCc2cc(OC)c(OC)cc21.[Cl-]. The third kappa shape index (κ3) is 5.08. The van der Waals surface area contributed by atoms with Crippen LogP contribution in [-0.4, -0.2) is 31.1 Å². The maximum Gasteiger partial charge on any atom is 0.184 e. The van der Waals surface area contributed by atoms with Gasteiger partial charge in [-0.25, -0.2) is 13.4 Å². The zero-order valence-electron chi connectivity index (χ0n) is 17.2. The normalized spacial score (nSPS) is 13.0. The van der Waals surface area contributed by atoms with Gasteiger partial charge in [0.2, 0.25) is 0 Å². The second kappa shape index (κ2) is 10.6. The Hall–Kier alpha value is -2.14. The quantitative estimate of drug-likeness (QED) is 0.479. The molecule has 0 amide bonds. The Morgan fingerprint density at radius 3 is 2.28 bits per heavy atom. The summed E-state index contributed by atoms with van der Waals surface area (Å²) in [6.45, 7) is 3.12. The van der Waals surface area contributed by atoms with Crippen molar-refractivity contribution in [2.24, 2.45) is 0 Å². The molecule has 1 aliphatic rings. The number of unbranched alkanes of at least 4 members (excludes halogenated alkanes) is 2. The van der Waals surface area contributed by atoms with Crippen molar-refractivity contribution >= 4 is 5.71 Å². The van der Waals surface area contributed by atoms with Crippen LogP contribution in [0.3, 0.4) is 0 Å². The molecular weight excluding hydrogens is 396 g/mol. The summed E-state index contributed by atoms with van der Waals surface area (Å²) in [5.41, 5.74) is 3.53. The third-order valence-corrected chi connectivity index (χ3v) is 5.38. The minimum atomic E-state index is -0.494. The molecule has 0 bridgehead atoms. The Labute approximate surface area is 177 Å². The van der Waals surface area contributed by atoms with Crippen LogP contribution in [0.1, 0.15) is 49.3 Å². The largest absolute Gasteiger partial charge is 1.00 e. The van der Waals surface area contributed by atoms with Crippen LogP contribution >= 0.6 is 0 Å². The predicted molar refractivity (Wildman–Crippen MR) is 107 cm³/mol. The Morgan fingerprint density at radius 2 is 1.66 bits per heavy atom. The standard InChI is InChI=1S/C23H28F2NO2.ClH/c1-4-5-6-10-21-17-14-23(28-3)22(27-2)13-16(17)11-12-26(21)15-18-19(24)8-7-9-20(18)25;/h7-9,13-14H,4-6,10-12,15H2,1-3H3;1H/q+1;/p-1. The van der Waals surface area contributed by atoms with Crippen molar-refractivity contribution in [1.29, 1.82) is 0 Å². The van der Waals surface area contributed by atoms with E-state index in [2.05, 4.69) is 11.5 Å². The first-order valence-corrected chi connectivity index (χ1v) is 9.88. The molecule has 2 aromatic rings. The van der Waals surface area contributed by atoms with E-state index in [1.165, 1.54) is 23.8 Å². The summed E-state index contributed by atoms with van der Waals surface area (Å²) < 4.78 is 41.5. The molecule has 6 heteroatoms. The van der Waals surface area contributed by atoms with E-state index < -0.39 is 11.6 Å². The fourth-order valence-corrected chi connectivity index (χ4v) is 3.84. The second-order valence-electron chi connectivity index (χ2n) is 7.14. The summed E-state index contributed by atoms with van der Waals surface area (Å²) in [4.78, 5) is 0. The molecule has 0 saturated carbocycles. The van der Waals surface area contributed by atoms with E-state index in [0.29, 0.717) is 11.5 Å². The van der Waals surface area contributed by atoms with E-state index in [9.17, 15) is 8.78 Å². The number of hydrogen-bond acceptors (Lipinski definition) is 2. The van der Waals surface area contributed by atoms with Crippen molar-refractivity contribution in [3.8, 4) is 11.5 Å². The third-order valence-electron chi connectivity index (χ3n) is 5.38. The Morgan fingerprint density at radius 1 is 1.00 bits per heavy atom. The first kappa shape index (κ1) is 23.1. The molecule has 0 N–H and O–H groups in total. The summed E-state index contributed by atoms with van der Waals surface area (Å²) in [7, 11) is 3.25. The topological polar surface area (TPSA) is 21.5 Å². The highest BCUT2D eigenvalue weighted by Gasteiger charge is 2.29. The molecule has 0 atom stereocenters. The fourth-order valence-electron chi connectivity index (χ4n) is 3.84. The zero-order chi connectivity index (χ0) is 20.1. The second-order valence-corrected chi connectivity index (χ2v) is 7.14. The van der Waals surface area contributed by atoms with Crippen LogP contribution in [0.15, 0.2) is 30.3 Å². The molecular formula is C23H28ClF2NO2. The van der Waals surface area contributed by atoms with Gasteiger partial charge in [0.15, 0.2) is 23.8 Å². The van der Waals surface area contributed by atoms with Crippen LogP contribution in [0, 0.1) is 11.6 Å². The molecule has 3 rings (SSSR count). The van der Waals surface area contributed by atoms with E-state index in [1.807, 2.05) is 12.1 Å². The average Bonchev–Trinajstić information content (AvgIpc) is 2.70. The lowest BCUT2D eigenvalue weighted by Crippen LogP contribution is -3.00. The summed E-state index contributed by atoms with van der Waals surface area (Å²) in [5, 5.41) is 0. The molecule has 1 aliphatic heterocycles. The lowest BCUT2D eigenvalue weighted by molar-refractivity contribution is -0.546. The molecule has 0 spiro atoms. The van der Waals surface area contributed by atoms with E-state index in [-0.39, 0.29) is 24.5 Å². The maximum absolute atomic E-state index is 14.2. The molecule has 158 valence electrons. The Kier molecular flexibility index (Phi) is 8.45. The highest BCUT2D eigenvalue weighted by molar-refractivity contribution is 5.99. The van der Waals surface area contributed by atoms with Gasteiger partial charge < -0.3 is 21.9 Å². The molecule has 0 unspecified atom stereocenters. The monoisotopic (exact) mass is 423 g/mol. The van der Waals surface area contributed by atoms with E-state index in [1.54, 1.807) is 14.2 Å². The smallest absolute Gasteiger partial charge is 0.184 e. The van der Waals surface area contributed by atoms with Gasteiger partial charge in [-0.05, 0) is 36.2 Å². The Bertz CT molecular complexity index is 863. The lowest BCUT2D eigenvalue weighted by atomic mass is 9.92. The van der Waals surface area contributed by atoms with Crippen LogP contribution in [-0.2, 0) is 13.0 Å². The number of nitrogens with zero attached hydrogens (tertiary/aromatic N) is 1. The molecule has 3 nitrogen and oxygen atoms in total. The first-order valence-electron chi connectivity index (χ1n) is 9.88. The van der Waals surface area contributed by atoms with Gasteiger partial charge in [0, 0.05) is 18.4 Å². The van der Waals surface area contributed by atoms with Crippen molar-refractivity contribution in [3.63, 3.8) is 0 Å². The van der Waals surface area contributed by atoms with Gasteiger partial charge in [-0.2, -0.15) is 0 Å². The number of halogens is 3. The van der Waals surface area contributed by atoms with Gasteiger partial charge in [0.1, 0.15) is 18.2 Å².